The number of nitriles is 1. The minimum Gasteiger partial charge on any atom is -0.490 e. The number of rotatable bonds is 4. The van der Waals surface area contributed by atoms with Gasteiger partial charge in [0.25, 0.3) is 6.01 Å². The van der Waals surface area contributed by atoms with E-state index in [0.29, 0.717) is 30.9 Å². The Labute approximate surface area is 146 Å². The van der Waals surface area contributed by atoms with E-state index in [1.54, 1.807) is 0 Å². The summed E-state index contributed by atoms with van der Waals surface area (Å²) < 4.78 is 15.9. The summed E-state index contributed by atoms with van der Waals surface area (Å²) in [5.74, 6) is 0.830. The van der Waals surface area contributed by atoms with Crippen molar-refractivity contribution in [1.82, 2.24) is 14.1 Å². The Morgan fingerprint density at radius 2 is 2.24 bits per heavy atom. The van der Waals surface area contributed by atoms with E-state index in [0.717, 1.165) is 11.4 Å². The molecule has 0 saturated carbocycles. The van der Waals surface area contributed by atoms with Crippen LogP contribution in [0, 0.1) is 18.3 Å². The fourth-order valence-corrected chi connectivity index (χ4v) is 3.27. The van der Waals surface area contributed by atoms with Gasteiger partial charge < -0.3 is 14.0 Å². The van der Waals surface area contributed by atoms with Crippen LogP contribution in [-0.4, -0.2) is 26.8 Å². The standard InChI is InChI=1S/C19H20N4O2/c1-12(2)22-7-6-14-8-15(4-5-18(14)22)24-11-16-10-23-13(3)17(9-20)21-19(23)25-16/h4-8,12,16H,10-11H2,1-3H3/t16-/m0/s1. The Morgan fingerprint density at radius 1 is 1.40 bits per heavy atom. The summed E-state index contributed by atoms with van der Waals surface area (Å²) in [6, 6.07) is 11.3. The van der Waals surface area contributed by atoms with Crippen LogP contribution in [0.25, 0.3) is 10.9 Å². The molecule has 0 bridgehead atoms. The van der Waals surface area contributed by atoms with Crippen LogP contribution in [0.15, 0.2) is 30.5 Å². The molecule has 1 aliphatic rings. The summed E-state index contributed by atoms with van der Waals surface area (Å²) in [5, 5.41) is 10.2. The molecule has 3 heterocycles. The summed E-state index contributed by atoms with van der Waals surface area (Å²) in [6.07, 6.45) is 2.01. The second kappa shape index (κ2) is 5.85. The number of fused-ring (bicyclic) bond motifs is 2. The van der Waals surface area contributed by atoms with Crippen LogP contribution in [-0.2, 0) is 6.54 Å². The highest BCUT2D eigenvalue weighted by Gasteiger charge is 2.28. The van der Waals surface area contributed by atoms with E-state index in [9.17, 15) is 0 Å². The van der Waals surface area contributed by atoms with Gasteiger partial charge in [-0.1, -0.05) is 0 Å². The van der Waals surface area contributed by atoms with Crippen LogP contribution in [0.3, 0.4) is 0 Å². The molecule has 0 aliphatic carbocycles. The lowest BCUT2D eigenvalue weighted by molar-refractivity contribution is 0.143. The average molecular weight is 336 g/mol. The van der Waals surface area contributed by atoms with Crippen molar-refractivity contribution in [2.45, 2.75) is 39.5 Å². The molecule has 3 aromatic rings. The molecule has 1 aromatic carbocycles. The van der Waals surface area contributed by atoms with Crippen molar-refractivity contribution in [2.75, 3.05) is 6.61 Å². The van der Waals surface area contributed by atoms with E-state index in [1.807, 2.05) is 17.6 Å². The average Bonchev–Trinajstić information content (AvgIpc) is 3.26. The van der Waals surface area contributed by atoms with Crippen LogP contribution >= 0.6 is 0 Å². The Morgan fingerprint density at radius 3 is 2.96 bits per heavy atom. The molecular formula is C19H20N4O2. The summed E-state index contributed by atoms with van der Waals surface area (Å²) in [4.78, 5) is 4.20. The molecule has 1 atom stereocenters. The maximum absolute atomic E-state index is 9.01. The molecular weight excluding hydrogens is 316 g/mol. The monoisotopic (exact) mass is 336 g/mol. The first-order valence-electron chi connectivity index (χ1n) is 8.44. The van der Waals surface area contributed by atoms with Gasteiger partial charge in [0.1, 0.15) is 18.4 Å². The number of aromatic nitrogens is 3. The number of hydrogen-bond acceptors (Lipinski definition) is 4. The molecule has 1 aliphatic heterocycles. The SMILES string of the molecule is Cc1c(C#N)nc2n1C[C@@H](COc1ccc3c(ccn3C(C)C)c1)O2. The van der Waals surface area contributed by atoms with E-state index in [-0.39, 0.29) is 6.10 Å². The third kappa shape index (κ3) is 2.62. The third-order valence-electron chi connectivity index (χ3n) is 4.63. The summed E-state index contributed by atoms with van der Waals surface area (Å²) in [7, 11) is 0. The van der Waals surface area contributed by atoms with Gasteiger partial charge in [0, 0.05) is 23.1 Å². The summed E-state index contributed by atoms with van der Waals surface area (Å²) >= 11 is 0. The van der Waals surface area contributed by atoms with Crippen LogP contribution < -0.4 is 9.47 Å². The van der Waals surface area contributed by atoms with Gasteiger partial charge in [-0.05, 0) is 45.0 Å². The zero-order valence-corrected chi connectivity index (χ0v) is 14.6. The Kier molecular flexibility index (Phi) is 3.65. The first-order chi connectivity index (χ1) is 12.1. The Balaban J connectivity index is 1.44. The molecule has 6 heteroatoms. The second-order valence-corrected chi connectivity index (χ2v) is 6.64. The van der Waals surface area contributed by atoms with Gasteiger partial charge >= 0.3 is 0 Å². The van der Waals surface area contributed by atoms with Crippen LogP contribution in [0.1, 0.15) is 31.3 Å². The number of benzene rings is 1. The fourth-order valence-electron chi connectivity index (χ4n) is 3.27. The van der Waals surface area contributed by atoms with Gasteiger partial charge in [-0.2, -0.15) is 10.2 Å². The first-order valence-corrected chi connectivity index (χ1v) is 8.44. The molecule has 128 valence electrons. The van der Waals surface area contributed by atoms with Crippen LogP contribution in [0.4, 0.5) is 0 Å². The first kappa shape index (κ1) is 15.6. The normalized spacial score (nSPS) is 16.0. The van der Waals surface area contributed by atoms with Gasteiger partial charge in [-0.3, -0.25) is 4.57 Å². The summed E-state index contributed by atoms with van der Waals surface area (Å²) in [5.41, 5.74) is 2.48. The molecule has 2 aromatic heterocycles. The molecule has 0 radical (unpaired) electrons. The van der Waals surface area contributed by atoms with Gasteiger partial charge in [0.15, 0.2) is 11.8 Å². The predicted octanol–water partition coefficient (Wildman–Crippen LogP) is 3.44. The molecule has 0 unspecified atom stereocenters. The predicted molar refractivity (Wildman–Crippen MR) is 93.9 cm³/mol. The molecule has 0 amide bonds. The largest absolute Gasteiger partial charge is 0.490 e. The highest BCUT2D eigenvalue weighted by atomic mass is 16.6. The van der Waals surface area contributed by atoms with Crippen LogP contribution in [0.5, 0.6) is 11.8 Å². The molecule has 4 rings (SSSR count). The molecule has 25 heavy (non-hydrogen) atoms. The van der Waals surface area contributed by atoms with E-state index in [2.05, 4.69) is 53.9 Å². The lowest BCUT2D eigenvalue weighted by Crippen LogP contribution is -2.24. The highest BCUT2D eigenvalue weighted by Crippen LogP contribution is 2.27. The second-order valence-electron chi connectivity index (χ2n) is 6.64. The van der Waals surface area contributed by atoms with Gasteiger partial charge in [0.2, 0.25) is 0 Å². The van der Waals surface area contributed by atoms with E-state index >= 15 is 0 Å². The number of hydrogen-bond donors (Lipinski definition) is 0. The molecule has 0 saturated heterocycles. The molecule has 0 spiro atoms. The van der Waals surface area contributed by atoms with Crippen molar-refractivity contribution in [3.63, 3.8) is 0 Å². The molecule has 0 N–H and O–H groups in total. The Bertz CT molecular complexity index is 977. The maximum Gasteiger partial charge on any atom is 0.298 e. The lowest BCUT2D eigenvalue weighted by atomic mass is 10.2. The molecule has 6 nitrogen and oxygen atoms in total. The number of imidazole rings is 1. The van der Waals surface area contributed by atoms with Crippen molar-refractivity contribution in [3.05, 3.63) is 41.9 Å². The maximum atomic E-state index is 9.01. The van der Waals surface area contributed by atoms with Gasteiger partial charge in [-0.25, -0.2) is 0 Å². The number of ether oxygens (including phenoxy) is 2. The minimum absolute atomic E-state index is 0.0927. The van der Waals surface area contributed by atoms with Crippen molar-refractivity contribution in [1.29, 1.82) is 5.26 Å². The van der Waals surface area contributed by atoms with Crippen molar-refractivity contribution >= 4 is 10.9 Å². The van der Waals surface area contributed by atoms with E-state index < -0.39 is 0 Å². The lowest BCUT2D eigenvalue weighted by Gasteiger charge is -2.13. The summed E-state index contributed by atoms with van der Waals surface area (Å²) in [6.45, 7) is 7.33. The quantitative estimate of drug-likeness (QED) is 0.732. The Hall–Kier alpha value is -2.94. The van der Waals surface area contributed by atoms with Gasteiger partial charge in [0.05, 0.1) is 12.2 Å². The zero-order valence-electron chi connectivity index (χ0n) is 14.6. The third-order valence-corrected chi connectivity index (χ3v) is 4.63. The van der Waals surface area contributed by atoms with Crippen molar-refractivity contribution in [3.8, 4) is 17.8 Å². The minimum atomic E-state index is -0.0927. The number of nitrogens with zero attached hydrogens (tertiary/aromatic N) is 4. The fraction of sp³-hybridized carbons (Fsp3) is 0.368. The highest BCUT2D eigenvalue weighted by molar-refractivity contribution is 5.81. The zero-order chi connectivity index (χ0) is 17.6. The van der Waals surface area contributed by atoms with E-state index in [4.69, 9.17) is 14.7 Å². The van der Waals surface area contributed by atoms with Crippen LogP contribution in [0.2, 0.25) is 0 Å². The van der Waals surface area contributed by atoms with Gasteiger partial charge in [-0.15, -0.1) is 0 Å². The van der Waals surface area contributed by atoms with Crippen molar-refractivity contribution < 1.29 is 9.47 Å². The molecule has 0 fully saturated rings. The van der Waals surface area contributed by atoms with E-state index in [1.165, 1.54) is 10.9 Å². The van der Waals surface area contributed by atoms with Crippen molar-refractivity contribution in [2.24, 2.45) is 0 Å². The topological polar surface area (TPSA) is 65.0 Å². The smallest absolute Gasteiger partial charge is 0.298 e.